The monoisotopic (exact) mass is 511 g/mol. The molecule has 0 spiro atoms. The molecule has 0 amide bonds. The van der Waals surface area contributed by atoms with Crippen molar-refractivity contribution in [3.8, 4) is 0 Å². The Morgan fingerprint density at radius 3 is 1.83 bits per heavy atom. The van der Waals surface area contributed by atoms with E-state index in [0.29, 0.717) is 11.4 Å². The highest BCUT2D eigenvalue weighted by Crippen LogP contribution is 2.34. The zero-order valence-electron chi connectivity index (χ0n) is 17.7. The topological polar surface area (TPSA) is 184 Å². The standard InChI is InChI=1S/C22H17N5O6S2/c23-19-10-12-20(18-4-2-1-3-17(18)19)26-27-21-11-7-15(13-22(21)35(31,32)33)25-24-14-5-8-16(9-6-14)34(28,29)30/h1-13H,23H2,(H,28,29,30)(H,31,32,33). The van der Waals surface area contributed by atoms with E-state index in [9.17, 15) is 21.4 Å². The molecule has 4 aromatic carbocycles. The van der Waals surface area contributed by atoms with Crippen LogP contribution in [-0.4, -0.2) is 25.9 Å². The number of benzene rings is 4. The number of nitrogens with two attached hydrogens (primary N) is 1. The summed E-state index contributed by atoms with van der Waals surface area (Å²) in [5.41, 5.74) is 7.19. The van der Waals surface area contributed by atoms with Gasteiger partial charge in [0.25, 0.3) is 20.2 Å². The third-order valence-corrected chi connectivity index (χ3v) is 6.59. The van der Waals surface area contributed by atoms with Gasteiger partial charge in [0.2, 0.25) is 0 Å². The third-order valence-electron chi connectivity index (χ3n) is 4.84. The van der Waals surface area contributed by atoms with E-state index in [2.05, 4.69) is 20.5 Å². The van der Waals surface area contributed by atoms with Crippen molar-refractivity contribution in [1.82, 2.24) is 0 Å². The first kappa shape index (κ1) is 24.1. The van der Waals surface area contributed by atoms with E-state index in [1.165, 1.54) is 24.3 Å². The molecule has 0 heterocycles. The Morgan fingerprint density at radius 2 is 1.17 bits per heavy atom. The highest BCUT2D eigenvalue weighted by atomic mass is 32.2. The molecular formula is C22H17N5O6S2. The molecule has 13 heteroatoms. The number of hydrogen-bond acceptors (Lipinski definition) is 9. The fourth-order valence-corrected chi connectivity index (χ4v) is 4.28. The minimum Gasteiger partial charge on any atom is -0.398 e. The van der Waals surface area contributed by atoms with Gasteiger partial charge in [-0.25, -0.2) is 0 Å². The van der Waals surface area contributed by atoms with Crippen LogP contribution in [0.2, 0.25) is 0 Å². The second-order valence-electron chi connectivity index (χ2n) is 7.22. The fourth-order valence-electron chi connectivity index (χ4n) is 3.16. The maximum Gasteiger partial charge on any atom is 0.296 e. The molecule has 35 heavy (non-hydrogen) atoms. The summed E-state index contributed by atoms with van der Waals surface area (Å²) in [6, 6.07) is 19.2. The lowest BCUT2D eigenvalue weighted by molar-refractivity contribution is 0.481. The van der Waals surface area contributed by atoms with Crippen molar-refractivity contribution in [1.29, 1.82) is 0 Å². The van der Waals surface area contributed by atoms with Gasteiger partial charge in [-0.2, -0.15) is 27.1 Å². The van der Waals surface area contributed by atoms with Crippen LogP contribution in [0.4, 0.5) is 28.4 Å². The Labute approximate surface area is 200 Å². The van der Waals surface area contributed by atoms with E-state index < -0.39 is 25.1 Å². The zero-order valence-corrected chi connectivity index (χ0v) is 19.3. The Hall–Kier alpha value is -4.04. The number of rotatable bonds is 6. The van der Waals surface area contributed by atoms with Gasteiger partial charge in [-0.3, -0.25) is 9.11 Å². The molecule has 0 saturated heterocycles. The number of nitrogens with zero attached hydrogens (tertiary/aromatic N) is 4. The summed E-state index contributed by atoms with van der Waals surface area (Å²) >= 11 is 0. The highest BCUT2D eigenvalue weighted by Gasteiger charge is 2.17. The molecule has 0 radical (unpaired) electrons. The Balaban J connectivity index is 1.67. The first-order valence-electron chi connectivity index (χ1n) is 9.82. The number of hydrogen-bond donors (Lipinski definition) is 3. The van der Waals surface area contributed by atoms with Crippen molar-refractivity contribution in [3.63, 3.8) is 0 Å². The molecule has 11 nitrogen and oxygen atoms in total. The van der Waals surface area contributed by atoms with Crippen molar-refractivity contribution in [3.05, 3.63) is 78.9 Å². The highest BCUT2D eigenvalue weighted by molar-refractivity contribution is 7.86. The van der Waals surface area contributed by atoms with E-state index in [1.807, 2.05) is 12.1 Å². The molecule has 0 bridgehead atoms. The molecular weight excluding hydrogens is 494 g/mol. The van der Waals surface area contributed by atoms with Gasteiger partial charge in [-0.15, -0.1) is 10.2 Å². The smallest absolute Gasteiger partial charge is 0.296 e. The summed E-state index contributed by atoms with van der Waals surface area (Å²) in [6.07, 6.45) is 0. The third kappa shape index (κ3) is 5.55. The molecule has 0 aliphatic rings. The van der Waals surface area contributed by atoms with Crippen LogP contribution < -0.4 is 5.73 Å². The van der Waals surface area contributed by atoms with Crippen molar-refractivity contribution in [2.24, 2.45) is 20.5 Å². The predicted molar refractivity (Wildman–Crippen MR) is 129 cm³/mol. The molecule has 0 aliphatic carbocycles. The molecule has 178 valence electrons. The lowest BCUT2D eigenvalue weighted by Crippen LogP contribution is -1.98. The first-order valence-corrected chi connectivity index (χ1v) is 12.7. The van der Waals surface area contributed by atoms with E-state index in [0.717, 1.165) is 29.0 Å². The normalized spacial score (nSPS) is 12.6. The van der Waals surface area contributed by atoms with Crippen molar-refractivity contribution in [2.75, 3.05) is 5.73 Å². The first-order chi connectivity index (χ1) is 16.5. The largest absolute Gasteiger partial charge is 0.398 e. The van der Waals surface area contributed by atoms with Gasteiger partial charge in [0.1, 0.15) is 10.6 Å². The fraction of sp³-hybridized carbons (Fsp3) is 0. The average Bonchev–Trinajstić information content (AvgIpc) is 2.82. The quantitative estimate of drug-likeness (QED) is 0.167. The molecule has 0 aromatic heterocycles. The van der Waals surface area contributed by atoms with Gasteiger partial charge >= 0.3 is 0 Å². The lowest BCUT2D eigenvalue weighted by atomic mass is 10.1. The number of azo groups is 2. The molecule has 4 N–H and O–H groups in total. The van der Waals surface area contributed by atoms with Gasteiger partial charge in [0.15, 0.2) is 0 Å². The van der Waals surface area contributed by atoms with E-state index in [-0.39, 0.29) is 22.0 Å². The summed E-state index contributed by atoms with van der Waals surface area (Å²) in [7, 11) is -9.03. The second-order valence-corrected chi connectivity index (χ2v) is 10.0. The predicted octanol–water partition coefficient (Wildman–Crippen LogP) is 5.75. The number of nitrogen functional groups attached to an aromatic ring is 1. The molecule has 4 aromatic rings. The summed E-state index contributed by atoms with van der Waals surface area (Å²) in [5.74, 6) is 0. The van der Waals surface area contributed by atoms with Crippen molar-refractivity contribution < 1.29 is 25.9 Å². The van der Waals surface area contributed by atoms with Gasteiger partial charge in [0.05, 0.1) is 22.0 Å². The minimum absolute atomic E-state index is 0.0772. The van der Waals surface area contributed by atoms with E-state index in [4.69, 9.17) is 10.3 Å². The number of fused-ring (bicyclic) bond motifs is 1. The zero-order chi connectivity index (χ0) is 25.2. The molecule has 0 saturated carbocycles. The van der Waals surface area contributed by atoms with Gasteiger partial charge < -0.3 is 5.73 Å². The molecule has 0 atom stereocenters. The van der Waals surface area contributed by atoms with Crippen LogP contribution in [0.25, 0.3) is 10.8 Å². The van der Waals surface area contributed by atoms with Crippen molar-refractivity contribution in [2.45, 2.75) is 9.79 Å². The van der Waals surface area contributed by atoms with E-state index >= 15 is 0 Å². The molecule has 4 rings (SSSR count). The van der Waals surface area contributed by atoms with Crippen LogP contribution in [0, 0.1) is 0 Å². The molecule has 0 unspecified atom stereocenters. The molecule has 0 fully saturated rings. The SMILES string of the molecule is Nc1ccc(N=Nc2ccc(N=Nc3ccc(S(=O)(=O)O)cc3)cc2S(=O)(=O)O)c2ccccc12. The molecule has 0 aliphatic heterocycles. The number of anilines is 1. The van der Waals surface area contributed by atoms with Crippen LogP contribution in [0.3, 0.4) is 0 Å². The van der Waals surface area contributed by atoms with Gasteiger partial charge in [-0.05, 0) is 54.6 Å². The Kier molecular flexibility index (Phi) is 6.41. The average molecular weight is 512 g/mol. The summed E-state index contributed by atoms with van der Waals surface area (Å²) in [5, 5.41) is 17.4. The van der Waals surface area contributed by atoms with Crippen molar-refractivity contribution >= 4 is 59.4 Å². The Bertz CT molecular complexity index is 1700. The second kappa shape index (κ2) is 9.31. The lowest BCUT2D eigenvalue weighted by Gasteiger charge is -2.05. The van der Waals surface area contributed by atoms with Crippen LogP contribution in [0.5, 0.6) is 0 Å². The Morgan fingerprint density at radius 1 is 0.600 bits per heavy atom. The summed E-state index contributed by atoms with van der Waals surface area (Å²) < 4.78 is 64.9. The van der Waals surface area contributed by atoms with E-state index in [1.54, 1.807) is 24.3 Å². The van der Waals surface area contributed by atoms with Gasteiger partial charge in [0, 0.05) is 16.5 Å². The van der Waals surface area contributed by atoms with Crippen LogP contribution in [-0.2, 0) is 20.2 Å². The maximum absolute atomic E-state index is 12.0. The summed E-state index contributed by atoms with van der Waals surface area (Å²) in [4.78, 5) is -0.840. The maximum atomic E-state index is 12.0. The summed E-state index contributed by atoms with van der Waals surface area (Å²) in [6.45, 7) is 0. The van der Waals surface area contributed by atoms with Gasteiger partial charge in [-0.1, -0.05) is 24.3 Å². The minimum atomic E-state index is -4.68. The van der Waals surface area contributed by atoms with Crippen LogP contribution >= 0.6 is 0 Å². The van der Waals surface area contributed by atoms with Crippen LogP contribution in [0.1, 0.15) is 0 Å². The van der Waals surface area contributed by atoms with Crippen LogP contribution in [0.15, 0.2) is 109 Å².